The molecule has 0 aromatic heterocycles. The van der Waals surface area contributed by atoms with Crippen LogP contribution in [0.15, 0.2) is 18.2 Å². The van der Waals surface area contributed by atoms with Gasteiger partial charge in [-0.15, -0.1) is 0 Å². The standard InChI is InChI=1S/C15H19FN2O/c16-13-7-6-11(9-17)12(8-13)10-18-14-4-2-1-3-5-15(14)19/h6-8,14-15,18-19H,1-5,10H2. The summed E-state index contributed by atoms with van der Waals surface area (Å²) in [5.41, 5.74) is 1.14. The Kier molecular flexibility index (Phi) is 4.89. The molecule has 1 fully saturated rings. The zero-order chi connectivity index (χ0) is 13.7. The first kappa shape index (κ1) is 14.0. The van der Waals surface area contributed by atoms with Gasteiger partial charge < -0.3 is 10.4 Å². The number of benzene rings is 1. The Morgan fingerprint density at radius 2 is 2.11 bits per heavy atom. The van der Waals surface area contributed by atoms with Crippen LogP contribution in [0.4, 0.5) is 4.39 Å². The van der Waals surface area contributed by atoms with E-state index in [1.165, 1.54) is 18.2 Å². The maximum atomic E-state index is 13.2. The first-order chi connectivity index (χ1) is 9.20. The molecule has 4 heteroatoms. The highest BCUT2D eigenvalue weighted by Gasteiger charge is 2.21. The summed E-state index contributed by atoms with van der Waals surface area (Å²) in [6, 6.07) is 6.28. The zero-order valence-electron chi connectivity index (χ0n) is 10.9. The number of halogens is 1. The molecule has 0 heterocycles. The van der Waals surface area contributed by atoms with E-state index >= 15 is 0 Å². The molecule has 2 N–H and O–H groups in total. The van der Waals surface area contributed by atoms with Crippen molar-refractivity contribution in [3.05, 3.63) is 35.1 Å². The average Bonchev–Trinajstić information content (AvgIpc) is 2.61. The van der Waals surface area contributed by atoms with E-state index in [-0.39, 0.29) is 18.0 Å². The summed E-state index contributed by atoms with van der Waals surface area (Å²) < 4.78 is 13.2. The molecular weight excluding hydrogens is 243 g/mol. The third-order valence-corrected chi connectivity index (χ3v) is 3.72. The van der Waals surface area contributed by atoms with Crippen molar-refractivity contribution in [1.82, 2.24) is 5.32 Å². The largest absolute Gasteiger partial charge is 0.392 e. The van der Waals surface area contributed by atoms with Gasteiger partial charge in [-0.1, -0.05) is 19.3 Å². The Hall–Kier alpha value is -1.44. The fraction of sp³-hybridized carbons (Fsp3) is 0.533. The highest BCUT2D eigenvalue weighted by atomic mass is 19.1. The average molecular weight is 262 g/mol. The lowest BCUT2D eigenvalue weighted by Gasteiger charge is -2.22. The minimum absolute atomic E-state index is 0.0392. The summed E-state index contributed by atoms with van der Waals surface area (Å²) in [6.45, 7) is 0.419. The van der Waals surface area contributed by atoms with E-state index in [4.69, 9.17) is 5.26 Å². The van der Waals surface area contributed by atoms with Gasteiger partial charge in [-0.05, 0) is 36.6 Å². The van der Waals surface area contributed by atoms with Crippen molar-refractivity contribution < 1.29 is 9.50 Å². The predicted octanol–water partition coefficient (Wildman–Crippen LogP) is 2.48. The summed E-state index contributed by atoms with van der Waals surface area (Å²) in [4.78, 5) is 0. The van der Waals surface area contributed by atoms with Crippen LogP contribution in [0.3, 0.4) is 0 Å². The molecule has 2 rings (SSSR count). The van der Waals surface area contributed by atoms with E-state index < -0.39 is 0 Å². The van der Waals surface area contributed by atoms with Crippen LogP contribution in [-0.4, -0.2) is 17.3 Å². The van der Waals surface area contributed by atoms with Gasteiger partial charge in [0.2, 0.25) is 0 Å². The monoisotopic (exact) mass is 262 g/mol. The summed E-state index contributed by atoms with van der Waals surface area (Å²) >= 11 is 0. The Bertz CT molecular complexity index is 470. The quantitative estimate of drug-likeness (QED) is 0.823. The Morgan fingerprint density at radius 1 is 1.32 bits per heavy atom. The maximum Gasteiger partial charge on any atom is 0.123 e. The summed E-state index contributed by atoms with van der Waals surface area (Å²) in [5, 5.41) is 22.3. The lowest BCUT2D eigenvalue weighted by Crippen LogP contribution is -2.38. The van der Waals surface area contributed by atoms with Crippen LogP contribution < -0.4 is 5.32 Å². The van der Waals surface area contributed by atoms with E-state index in [1.54, 1.807) is 0 Å². The van der Waals surface area contributed by atoms with E-state index in [2.05, 4.69) is 11.4 Å². The summed E-state index contributed by atoms with van der Waals surface area (Å²) in [5.74, 6) is -0.336. The molecular formula is C15H19FN2O. The second-order valence-corrected chi connectivity index (χ2v) is 5.11. The minimum atomic E-state index is -0.346. The number of nitrogens with zero attached hydrogens (tertiary/aromatic N) is 1. The van der Waals surface area contributed by atoms with Crippen molar-refractivity contribution in [3.63, 3.8) is 0 Å². The van der Waals surface area contributed by atoms with Gasteiger partial charge in [-0.25, -0.2) is 4.39 Å². The number of nitriles is 1. The lowest BCUT2D eigenvalue weighted by atomic mass is 10.0. The van der Waals surface area contributed by atoms with E-state index in [1.807, 2.05) is 0 Å². The molecule has 0 bridgehead atoms. The fourth-order valence-corrected chi connectivity index (χ4v) is 2.58. The third-order valence-electron chi connectivity index (χ3n) is 3.72. The Balaban J connectivity index is 2.01. The van der Waals surface area contributed by atoms with Gasteiger partial charge in [0.15, 0.2) is 0 Å². The van der Waals surface area contributed by atoms with Gasteiger partial charge in [0, 0.05) is 12.6 Å². The first-order valence-corrected chi connectivity index (χ1v) is 6.80. The van der Waals surface area contributed by atoms with Gasteiger partial charge in [-0.2, -0.15) is 5.26 Å². The number of nitrogens with one attached hydrogen (secondary N) is 1. The topological polar surface area (TPSA) is 56.0 Å². The van der Waals surface area contributed by atoms with Crippen LogP contribution in [0, 0.1) is 17.1 Å². The molecule has 1 aliphatic carbocycles. The molecule has 0 saturated heterocycles. The molecule has 1 aliphatic rings. The molecule has 0 spiro atoms. The van der Waals surface area contributed by atoms with Crippen molar-refractivity contribution in [2.45, 2.75) is 50.8 Å². The molecule has 1 aromatic carbocycles. The van der Waals surface area contributed by atoms with Crippen molar-refractivity contribution in [3.8, 4) is 6.07 Å². The number of rotatable bonds is 3. The summed E-state index contributed by atoms with van der Waals surface area (Å²) in [6.07, 6.45) is 4.70. The van der Waals surface area contributed by atoms with Crippen molar-refractivity contribution in [2.75, 3.05) is 0 Å². The Morgan fingerprint density at radius 3 is 2.89 bits per heavy atom. The number of aliphatic hydroxyl groups excluding tert-OH is 1. The molecule has 102 valence electrons. The number of hydrogen-bond donors (Lipinski definition) is 2. The van der Waals surface area contributed by atoms with Crippen LogP contribution in [0.1, 0.15) is 43.2 Å². The molecule has 1 saturated carbocycles. The minimum Gasteiger partial charge on any atom is -0.392 e. The maximum absolute atomic E-state index is 13.2. The summed E-state index contributed by atoms with van der Waals surface area (Å²) in [7, 11) is 0. The van der Waals surface area contributed by atoms with Crippen LogP contribution in [0.2, 0.25) is 0 Å². The van der Waals surface area contributed by atoms with Gasteiger partial charge in [0.25, 0.3) is 0 Å². The van der Waals surface area contributed by atoms with Gasteiger partial charge in [-0.3, -0.25) is 0 Å². The highest BCUT2D eigenvalue weighted by Crippen LogP contribution is 2.19. The van der Waals surface area contributed by atoms with Gasteiger partial charge >= 0.3 is 0 Å². The normalized spacial score (nSPS) is 23.6. The van der Waals surface area contributed by atoms with Crippen molar-refractivity contribution in [2.24, 2.45) is 0 Å². The fourth-order valence-electron chi connectivity index (χ4n) is 2.58. The van der Waals surface area contributed by atoms with Gasteiger partial charge in [0.05, 0.1) is 17.7 Å². The predicted molar refractivity (Wildman–Crippen MR) is 70.8 cm³/mol. The third kappa shape index (κ3) is 3.76. The highest BCUT2D eigenvalue weighted by molar-refractivity contribution is 5.37. The molecule has 3 nitrogen and oxygen atoms in total. The molecule has 0 amide bonds. The van der Waals surface area contributed by atoms with Crippen LogP contribution >= 0.6 is 0 Å². The number of aliphatic hydroxyl groups is 1. The Labute approximate surface area is 113 Å². The van der Waals surface area contributed by atoms with E-state index in [0.29, 0.717) is 17.7 Å². The second kappa shape index (κ2) is 6.65. The van der Waals surface area contributed by atoms with Crippen molar-refractivity contribution >= 4 is 0 Å². The molecule has 2 atom stereocenters. The first-order valence-electron chi connectivity index (χ1n) is 6.80. The molecule has 19 heavy (non-hydrogen) atoms. The smallest absolute Gasteiger partial charge is 0.123 e. The van der Waals surface area contributed by atoms with Crippen LogP contribution in [0.25, 0.3) is 0 Å². The SMILES string of the molecule is N#Cc1ccc(F)cc1CNC1CCCCCC1O. The molecule has 0 aliphatic heterocycles. The molecule has 1 aromatic rings. The number of hydrogen-bond acceptors (Lipinski definition) is 3. The second-order valence-electron chi connectivity index (χ2n) is 5.11. The van der Waals surface area contributed by atoms with E-state index in [9.17, 15) is 9.50 Å². The zero-order valence-corrected chi connectivity index (χ0v) is 10.9. The van der Waals surface area contributed by atoms with Crippen LogP contribution in [0.5, 0.6) is 0 Å². The van der Waals surface area contributed by atoms with E-state index in [0.717, 1.165) is 32.1 Å². The van der Waals surface area contributed by atoms with Crippen molar-refractivity contribution in [1.29, 1.82) is 5.26 Å². The lowest BCUT2D eigenvalue weighted by molar-refractivity contribution is 0.119. The molecule has 2 unspecified atom stereocenters. The van der Waals surface area contributed by atoms with Gasteiger partial charge in [0.1, 0.15) is 5.82 Å². The molecule has 0 radical (unpaired) electrons. The van der Waals surface area contributed by atoms with Crippen LogP contribution in [-0.2, 0) is 6.54 Å².